The minimum atomic E-state index is -1.02. The lowest BCUT2D eigenvalue weighted by atomic mass is 9.77. The van der Waals surface area contributed by atoms with E-state index in [0.29, 0.717) is 24.3 Å². The van der Waals surface area contributed by atoms with Crippen LogP contribution in [-0.4, -0.2) is 72.0 Å². The number of nitrogens with zero attached hydrogens (tertiary/aromatic N) is 1. The second kappa shape index (κ2) is 11.6. The SMILES string of the molecule is COc1cccc(CCN(C(=O)C2CCCC2)[C@@H]2C=C(C(=O)NCCO)[C@@H]3c4ccccc4O[C@@H]3[C@H]2O)c1. The largest absolute Gasteiger partial charge is 0.497 e. The Morgan fingerprint density at radius 3 is 2.68 bits per heavy atom. The molecule has 2 aromatic rings. The van der Waals surface area contributed by atoms with Crippen molar-refractivity contribution in [1.29, 1.82) is 0 Å². The van der Waals surface area contributed by atoms with Crippen molar-refractivity contribution >= 4 is 11.8 Å². The molecule has 38 heavy (non-hydrogen) atoms. The van der Waals surface area contributed by atoms with Gasteiger partial charge in [-0.05, 0) is 49.1 Å². The number of carbonyl (C=O) groups excluding carboxylic acids is 2. The summed E-state index contributed by atoms with van der Waals surface area (Å²) < 4.78 is 11.6. The van der Waals surface area contributed by atoms with Crippen LogP contribution in [0.3, 0.4) is 0 Å². The van der Waals surface area contributed by atoms with Crippen molar-refractivity contribution in [2.24, 2.45) is 5.92 Å². The summed E-state index contributed by atoms with van der Waals surface area (Å²) in [5, 5.41) is 23.7. The molecule has 8 nitrogen and oxygen atoms in total. The average molecular weight is 521 g/mol. The van der Waals surface area contributed by atoms with E-state index in [0.717, 1.165) is 42.6 Å². The first-order chi connectivity index (χ1) is 18.5. The summed E-state index contributed by atoms with van der Waals surface area (Å²) in [6.45, 7) is 0.319. The van der Waals surface area contributed by atoms with Gasteiger partial charge in [0.2, 0.25) is 11.8 Å². The third-order valence-corrected chi connectivity index (χ3v) is 8.00. The molecule has 1 aliphatic heterocycles. The number of ether oxygens (including phenoxy) is 2. The monoisotopic (exact) mass is 520 g/mol. The van der Waals surface area contributed by atoms with E-state index >= 15 is 0 Å². The van der Waals surface area contributed by atoms with Crippen LogP contribution < -0.4 is 14.8 Å². The number of benzene rings is 2. The average Bonchev–Trinajstić information content (AvgIpc) is 3.62. The molecule has 0 spiro atoms. The molecule has 1 heterocycles. The van der Waals surface area contributed by atoms with Crippen molar-refractivity contribution in [2.45, 2.75) is 56.3 Å². The number of aliphatic hydroxyl groups excluding tert-OH is 2. The Hall–Kier alpha value is -3.36. The first-order valence-corrected chi connectivity index (χ1v) is 13.5. The second-order valence-corrected chi connectivity index (χ2v) is 10.3. The number of fused-ring (bicyclic) bond motifs is 3. The van der Waals surface area contributed by atoms with E-state index in [9.17, 15) is 19.8 Å². The van der Waals surface area contributed by atoms with E-state index in [1.165, 1.54) is 0 Å². The van der Waals surface area contributed by atoms with Crippen LogP contribution in [0, 0.1) is 5.92 Å². The Bertz CT molecular complexity index is 1190. The van der Waals surface area contributed by atoms with Gasteiger partial charge < -0.3 is 29.9 Å². The van der Waals surface area contributed by atoms with E-state index in [1.807, 2.05) is 48.5 Å². The van der Waals surface area contributed by atoms with Crippen LogP contribution in [-0.2, 0) is 16.0 Å². The second-order valence-electron chi connectivity index (χ2n) is 10.3. The molecule has 8 heteroatoms. The van der Waals surface area contributed by atoms with Crippen LogP contribution in [0.25, 0.3) is 0 Å². The van der Waals surface area contributed by atoms with Crippen molar-refractivity contribution in [1.82, 2.24) is 10.2 Å². The van der Waals surface area contributed by atoms with Gasteiger partial charge in [-0.15, -0.1) is 0 Å². The number of hydrogen-bond donors (Lipinski definition) is 3. The van der Waals surface area contributed by atoms with Gasteiger partial charge in [-0.1, -0.05) is 43.2 Å². The summed E-state index contributed by atoms with van der Waals surface area (Å²) in [6, 6.07) is 14.5. The number of amides is 2. The first-order valence-electron chi connectivity index (χ1n) is 13.5. The van der Waals surface area contributed by atoms with Gasteiger partial charge in [0.25, 0.3) is 0 Å². The molecule has 0 unspecified atom stereocenters. The zero-order chi connectivity index (χ0) is 26.6. The highest BCUT2D eigenvalue weighted by Crippen LogP contribution is 2.47. The standard InChI is InChI=1S/C30H36N2O6/c1-37-21-10-6-7-19(17-21)13-15-32(30(36)20-8-2-3-9-20)24-18-23(29(35)31-14-16-33)26-22-11-4-5-12-25(22)38-28(26)27(24)34/h4-7,10-12,17-18,20,24,26-28,33-34H,2-3,8-9,13-16H2,1H3,(H,31,35)/t24-,26+,27+,28+/m1/s1. The number of para-hydroxylation sites is 1. The third-order valence-electron chi connectivity index (χ3n) is 8.00. The van der Waals surface area contributed by atoms with Gasteiger partial charge in [0.05, 0.1) is 25.7 Å². The third kappa shape index (κ3) is 5.15. The predicted molar refractivity (Wildman–Crippen MR) is 142 cm³/mol. The fourth-order valence-corrected chi connectivity index (χ4v) is 6.08. The fraction of sp³-hybridized carbons (Fsp3) is 0.467. The molecule has 0 aromatic heterocycles. The normalized spacial score (nSPS) is 24.1. The van der Waals surface area contributed by atoms with E-state index < -0.39 is 24.2 Å². The lowest BCUT2D eigenvalue weighted by molar-refractivity contribution is -0.141. The molecule has 2 amide bonds. The van der Waals surface area contributed by atoms with Crippen LogP contribution in [0.1, 0.15) is 42.7 Å². The topological polar surface area (TPSA) is 108 Å². The fourth-order valence-electron chi connectivity index (χ4n) is 6.08. The minimum absolute atomic E-state index is 0.00905. The van der Waals surface area contributed by atoms with Crippen molar-refractivity contribution in [3.63, 3.8) is 0 Å². The predicted octanol–water partition coefficient (Wildman–Crippen LogP) is 2.58. The Kier molecular flexibility index (Phi) is 8.00. The Morgan fingerprint density at radius 1 is 1.13 bits per heavy atom. The van der Waals surface area contributed by atoms with E-state index in [-0.39, 0.29) is 30.9 Å². The molecule has 2 aliphatic carbocycles. The van der Waals surface area contributed by atoms with Gasteiger partial charge in [-0.2, -0.15) is 0 Å². The summed E-state index contributed by atoms with van der Waals surface area (Å²) in [5.41, 5.74) is 2.31. The first kappa shape index (κ1) is 26.3. The molecule has 0 saturated heterocycles. The molecule has 3 aliphatic rings. The number of nitrogens with one attached hydrogen (secondary N) is 1. The van der Waals surface area contributed by atoms with Gasteiger partial charge in [0, 0.05) is 30.1 Å². The Balaban J connectivity index is 1.50. The van der Waals surface area contributed by atoms with Crippen LogP contribution in [0.5, 0.6) is 11.5 Å². The summed E-state index contributed by atoms with van der Waals surface area (Å²) in [4.78, 5) is 28.9. The highest BCUT2D eigenvalue weighted by molar-refractivity contribution is 5.96. The molecular weight excluding hydrogens is 484 g/mol. The molecule has 202 valence electrons. The van der Waals surface area contributed by atoms with Gasteiger partial charge >= 0.3 is 0 Å². The smallest absolute Gasteiger partial charge is 0.247 e. The molecule has 3 N–H and O–H groups in total. The highest BCUT2D eigenvalue weighted by Gasteiger charge is 2.50. The zero-order valence-corrected chi connectivity index (χ0v) is 21.7. The van der Waals surface area contributed by atoms with E-state index in [4.69, 9.17) is 9.47 Å². The molecule has 1 saturated carbocycles. The molecule has 5 rings (SSSR count). The number of rotatable bonds is 9. The lowest BCUT2D eigenvalue weighted by Gasteiger charge is -2.41. The number of methoxy groups -OCH3 is 1. The van der Waals surface area contributed by atoms with E-state index in [1.54, 1.807) is 18.1 Å². The summed E-state index contributed by atoms with van der Waals surface area (Å²) >= 11 is 0. The number of aliphatic hydroxyl groups is 2. The molecule has 4 atom stereocenters. The van der Waals surface area contributed by atoms with Crippen molar-refractivity contribution in [2.75, 3.05) is 26.8 Å². The summed E-state index contributed by atoms with van der Waals surface area (Å²) in [6.07, 6.45) is 4.31. The zero-order valence-electron chi connectivity index (χ0n) is 21.7. The maximum atomic E-state index is 13.9. The maximum Gasteiger partial charge on any atom is 0.247 e. The molecule has 2 aromatic carbocycles. The molecule has 0 bridgehead atoms. The van der Waals surface area contributed by atoms with Crippen LogP contribution >= 0.6 is 0 Å². The Morgan fingerprint density at radius 2 is 1.92 bits per heavy atom. The van der Waals surface area contributed by atoms with Crippen LogP contribution in [0.2, 0.25) is 0 Å². The van der Waals surface area contributed by atoms with Crippen LogP contribution in [0.4, 0.5) is 0 Å². The maximum absolute atomic E-state index is 13.9. The minimum Gasteiger partial charge on any atom is -0.497 e. The van der Waals surface area contributed by atoms with Crippen molar-refractivity contribution in [3.05, 3.63) is 71.3 Å². The van der Waals surface area contributed by atoms with Crippen molar-refractivity contribution < 1.29 is 29.3 Å². The van der Waals surface area contributed by atoms with Crippen molar-refractivity contribution in [3.8, 4) is 11.5 Å². The van der Waals surface area contributed by atoms with E-state index in [2.05, 4.69) is 5.32 Å². The lowest BCUT2D eigenvalue weighted by Crippen LogP contribution is -2.57. The highest BCUT2D eigenvalue weighted by atomic mass is 16.5. The summed E-state index contributed by atoms with van der Waals surface area (Å²) in [5.74, 6) is 0.511. The number of carbonyl (C=O) groups is 2. The molecule has 1 fully saturated rings. The number of hydrogen-bond acceptors (Lipinski definition) is 6. The molecule has 0 radical (unpaired) electrons. The van der Waals surface area contributed by atoms with Gasteiger partial charge in [-0.3, -0.25) is 9.59 Å². The van der Waals surface area contributed by atoms with Gasteiger partial charge in [0.1, 0.15) is 23.7 Å². The van der Waals surface area contributed by atoms with Gasteiger partial charge in [0.15, 0.2) is 0 Å². The van der Waals surface area contributed by atoms with Crippen LogP contribution in [0.15, 0.2) is 60.2 Å². The van der Waals surface area contributed by atoms with Gasteiger partial charge in [-0.25, -0.2) is 0 Å². The summed E-state index contributed by atoms with van der Waals surface area (Å²) in [7, 11) is 1.62. The quantitative estimate of drug-likeness (QED) is 0.469. The molecular formula is C30H36N2O6. The Labute approximate surface area is 223 Å².